The van der Waals surface area contributed by atoms with Crippen LogP contribution in [0.15, 0.2) is 59.3 Å². The zero-order valence-corrected chi connectivity index (χ0v) is 37.8. The van der Waals surface area contributed by atoms with Gasteiger partial charge in [0.15, 0.2) is 12.1 Å². The molecule has 7 rings (SSSR count). The molecule has 7 aliphatic rings. The van der Waals surface area contributed by atoms with Crippen LogP contribution in [0.4, 0.5) is 0 Å². The van der Waals surface area contributed by atoms with Crippen molar-refractivity contribution in [2.45, 2.75) is 185 Å². The van der Waals surface area contributed by atoms with E-state index in [-0.39, 0.29) is 66.9 Å². The van der Waals surface area contributed by atoms with Crippen molar-refractivity contribution in [3.63, 3.8) is 0 Å². The smallest absolute Gasteiger partial charge is 0.316 e. The second-order valence-electron chi connectivity index (χ2n) is 19.0. The lowest BCUT2D eigenvalue weighted by atomic mass is 9.71. The first-order valence-corrected chi connectivity index (χ1v) is 22.7. The molecule has 0 radical (unpaired) electrons. The SMILES string of the molecule is CC[C@@H](C)[C@H]1O[C@]2(C=C[C@@H]1C)C[C@@H]1C[C@@H](C/C=C(\C)[C@@H](O[C@H]3C[C@H](OC)C([C@H]4C[C@H](OC)[C@@H](O)[C@H](C)O4)[C@H](C)O3)[C@@H](C)/C=C/C=C3\CO[C@@H]4[C@H](O)C(C)=C[C@@H](C(=O)O1)[C@]34O)O2. The largest absolute Gasteiger partial charge is 0.462 e. The van der Waals surface area contributed by atoms with Crippen molar-refractivity contribution < 1.29 is 62.7 Å². The Balaban J connectivity index is 1.21. The second-order valence-corrected chi connectivity index (χ2v) is 19.0. The van der Waals surface area contributed by atoms with E-state index < -0.39 is 66.2 Å². The molecule has 0 aromatic heterocycles. The van der Waals surface area contributed by atoms with Crippen molar-refractivity contribution in [1.29, 1.82) is 0 Å². The molecule has 4 fully saturated rings. The number of ether oxygens (including phenoxy) is 9. The molecular formula is C48H72O13. The highest BCUT2D eigenvalue weighted by molar-refractivity contribution is 5.78. The van der Waals surface area contributed by atoms with Crippen molar-refractivity contribution in [2.24, 2.45) is 29.6 Å². The molecule has 0 amide bonds. The zero-order chi connectivity index (χ0) is 44.0. The molecule has 61 heavy (non-hydrogen) atoms. The molecule has 6 heterocycles. The summed E-state index contributed by atoms with van der Waals surface area (Å²) in [6.07, 6.45) is 10.3. The number of esters is 1. The molecule has 1 spiro atoms. The topological polar surface area (TPSA) is 161 Å². The number of methoxy groups -OCH3 is 2. The molecule has 2 bridgehead atoms. The number of hydrogen-bond donors (Lipinski definition) is 3. The summed E-state index contributed by atoms with van der Waals surface area (Å²) in [5.41, 5.74) is 0.176. The number of carbonyl (C=O) groups excluding carboxylic acids is 1. The Bertz CT molecular complexity index is 1710. The first kappa shape index (κ1) is 46.7. The van der Waals surface area contributed by atoms with Gasteiger partial charge in [0, 0.05) is 57.7 Å². The maximum Gasteiger partial charge on any atom is 0.316 e. The normalized spacial score (nSPS) is 49.8. The van der Waals surface area contributed by atoms with Gasteiger partial charge in [-0.3, -0.25) is 4.79 Å². The van der Waals surface area contributed by atoms with E-state index in [9.17, 15) is 20.1 Å². The fourth-order valence-corrected chi connectivity index (χ4v) is 11.0. The number of rotatable bonds is 7. The molecule has 0 aromatic rings. The van der Waals surface area contributed by atoms with Crippen LogP contribution in [0.5, 0.6) is 0 Å². The van der Waals surface area contributed by atoms with Crippen molar-refractivity contribution in [1.82, 2.24) is 0 Å². The van der Waals surface area contributed by atoms with Crippen molar-refractivity contribution in [3.05, 3.63) is 59.3 Å². The number of fused-ring (bicyclic) bond motifs is 2. The van der Waals surface area contributed by atoms with E-state index >= 15 is 0 Å². The average molecular weight is 857 g/mol. The molecule has 4 saturated heterocycles. The Morgan fingerprint density at radius 2 is 1.67 bits per heavy atom. The van der Waals surface area contributed by atoms with Crippen LogP contribution in [0.2, 0.25) is 0 Å². The van der Waals surface area contributed by atoms with Crippen molar-refractivity contribution >= 4 is 5.97 Å². The summed E-state index contributed by atoms with van der Waals surface area (Å²) in [6.45, 7) is 16.3. The van der Waals surface area contributed by atoms with Gasteiger partial charge in [-0.1, -0.05) is 70.6 Å². The third-order valence-electron chi connectivity index (χ3n) is 14.8. The summed E-state index contributed by atoms with van der Waals surface area (Å²) < 4.78 is 58.0. The van der Waals surface area contributed by atoms with Gasteiger partial charge in [0.25, 0.3) is 0 Å². The first-order valence-electron chi connectivity index (χ1n) is 22.7. The minimum Gasteiger partial charge on any atom is -0.462 e. The van der Waals surface area contributed by atoms with Gasteiger partial charge in [-0.2, -0.15) is 0 Å². The third-order valence-corrected chi connectivity index (χ3v) is 14.8. The van der Waals surface area contributed by atoms with E-state index in [1.54, 1.807) is 33.3 Å². The van der Waals surface area contributed by atoms with Gasteiger partial charge in [0.2, 0.25) is 0 Å². The van der Waals surface area contributed by atoms with Gasteiger partial charge in [0.1, 0.15) is 35.9 Å². The quantitative estimate of drug-likeness (QED) is 0.213. The lowest BCUT2D eigenvalue weighted by molar-refractivity contribution is -0.300. The van der Waals surface area contributed by atoms with E-state index in [0.29, 0.717) is 43.3 Å². The maximum atomic E-state index is 14.3. The fraction of sp³-hybridized carbons (Fsp3) is 0.771. The number of allylic oxidation sites excluding steroid dienone is 2. The highest BCUT2D eigenvalue weighted by Gasteiger charge is 2.60. The average Bonchev–Trinajstić information content (AvgIpc) is 3.57. The van der Waals surface area contributed by atoms with Crippen LogP contribution in [-0.4, -0.2) is 133 Å². The highest BCUT2D eigenvalue weighted by Crippen LogP contribution is 2.47. The van der Waals surface area contributed by atoms with Gasteiger partial charge in [-0.15, -0.1) is 0 Å². The lowest BCUT2D eigenvalue weighted by Gasteiger charge is -2.48. The number of aliphatic hydroxyl groups is 3. The minimum absolute atomic E-state index is 0.0396. The van der Waals surface area contributed by atoms with Gasteiger partial charge in [-0.05, 0) is 62.8 Å². The molecule has 3 N–H and O–H groups in total. The van der Waals surface area contributed by atoms with Crippen LogP contribution < -0.4 is 0 Å². The summed E-state index contributed by atoms with van der Waals surface area (Å²) in [5, 5.41) is 34.4. The molecule has 13 heteroatoms. The highest BCUT2D eigenvalue weighted by atomic mass is 16.7. The molecular weight excluding hydrogens is 785 g/mol. The number of carbonyl (C=O) groups is 1. The monoisotopic (exact) mass is 856 g/mol. The summed E-state index contributed by atoms with van der Waals surface area (Å²) in [4.78, 5) is 14.3. The van der Waals surface area contributed by atoms with Crippen LogP contribution in [0.1, 0.15) is 93.9 Å². The fourth-order valence-electron chi connectivity index (χ4n) is 11.0. The third kappa shape index (κ3) is 9.32. The van der Waals surface area contributed by atoms with Gasteiger partial charge < -0.3 is 58.0 Å². The number of hydrogen-bond acceptors (Lipinski definition) is 13. The Kier molecular flexibility index (Phi) is 14.6. The zero-order valence-electron chi connectivity index (χ0n) is 37.8. The van der Waals surface area contributed by atoms with Crippen molar-refractivity contribution in [3.8, 4) is 0 Å². The Labute approximate surface area is 362 Å². The van der Waals surface area contributed by atoms with E-state index in [2.05, 4.69) is 46.8 Å². The van der Waals surface area contributed by atoms with E-state index in [0.717, 1.165) is 12.0 Å². The Hall–Kier alpha value is -2.27. The Morgan fingerprint density at radius 3 is 2.39 bits per heavy atom. The molecule has 342 valence electrons. The standard InChI is InChI=1S/C48H72O13/c1-11-25(2)44-28(5)17-18-47(61-44)23-34-20-33(60-47)16-15-27(4)43(59-39-22-36(53-9)40(30(7)57-39)37-21-38(54-10)42(50)31(8)56-37)26(3)13-12-14-32-24-55-45-41(49)29(6)19-35(46(51)58-34)48(32,45)52/h12-15,17-19,25-26,28,30-31,33-45,49-50,52H,11,16,20-24H2,1-10H3/b13-12+,27-15+,32-14+/t25-,26+,28+,30+,31+,33-,34+,35+,36+,37-,38+,39+,40?,41-,42+,43+,44-,45-,47-,48-/m1/s1. The lowest BCUT2D eigenvalue weighted by Crippen LogP contribution is -2.58. The van der Waals surface area contributed by atoms with Crippen LogP contribution in [-0.2, 0) is 47.4 Å². The predicted molar refractivity (Wildman–Crippen MR) is 226 cm³/mol. The maximum absolute atomic E-state index is 14.3. The van der Waals surface area contributed by atoms with Crippen LogP contribution in [0.3, 0.4) is 0 Å². The van der Waals surface area contributed by atoms with Crippen LogP contribution in [0, 0.1) is 29.6 Å². The van der Waals surface area contributed by atoms with Crippen LogP contribution in [0.25, 0.3) is 0 Å². The van der Waals surface area contributed by atoms with E-state index in [4.69, 9.17) is 42.6 Å². The summed E-state index contributed by atoms with van der Waals surface area (Å²) in [7, 11) is 3.32. The molecule has 0 aromatic carbocycles. The van der Waals surface area contributed by atoms with Gasteiger partial charge in [0.05, 0.1) is 55.4 Å². The van der Waals surface area contributed by atoms with E-state index in [1.165, 1.54) is 0 Å². The summed E-state index contributed by atoms with van der Waals surface area (Å²) >= 11 is 0. The molecule has 0 saturated carbocycles. The molecule has 6 aliphatic heterocycles. The molecule has 1 aliphatic carbocycles. The van der Waals surface area contributed by atoms with E-state index in [1.807, 2.05) is 32.1 Å². The Morgan fingerprint density at radius 1 is 0.918 bits per heavy atom. The molecule has 20 atom stereocenters. The second kappa shape index (κ2) is 19.1. The molecule has 1 unspecified atom stereocenters. The van der Waals surface area contributed by atoms with Crippen molar-refractivity contribution in [2.75, 3.05) is 20.8 Å². The summed E-state index contributed by atoms with van der Waals surface area (Å²) in [6, 6.07) is 0. The first-order chi connectivity index (χ1) is 29.0. The van der Waals surface area contributed by atoms with Crippen LogP contribution >= 0.6 is 0 Å². The minimum atomic E-state index is -1.83. The number of aliphatic hydroxyl groups excluding tert-OH is 2. The van der Waals surface area contributed by atoms with Gasteiger partial charge >= 0.3 is 5.97 Å². The molecule has 13 nitrogen and oxygen atoms in total. The summed E-state index contributed by atoms with van der Waals surface area (Å²) in [5.74, 6) is -2.63. The van der Waals surface area contributed by atoms with Gasteiger partial charge in [-0.25, -0.2) is 0 Å². The predicted octanol–water partition coefficient (Wildman–Crippen LogP) is 5.65.